The maximum absolute atomic E-state index is 5.79. The van der Waals surface area contributed by atoms with Crippen LogP contribution < -0.4 is 5.32 Å². The summed E-state index contributed by atoms with van der Waals surface area (Å²) in [6.45, 7) is 14.7. The standard InChI is InChI=1S/C16H35NO/c1-8-10-17-15(16(6,9-2)18-7)12-14(5)11-13(3)4/h13-15,17H,8-12H2,1-7H3. The van der Waals surface area contributed by atoms with E-state index in [4.69, 9.17) is 4.74 Å². The second kappa shape index (κ2) is 8.92. The van der Waals surface area contributed by atoms with Gasteiger partial charge < -0.3 is 10.1 Å². The fraction of sp³-hybridized carbons (Fsp3) is 1.00. The third-order valence-corrected chi connectivity index (χ3v) is 4.06. The second-order valence-electron chi connectivity index (χ2n) is 6.35. The minimum absolute atomic E-state index is 0.0413. The lowest BCUT2D eigenvalue weighted by Gasteiger charge is -2.38. The van der Waals surface area contributed by atoms with Crippen LogP contribution in [0.2, 0.25) is 0 Å². The lowest BCUT2D eigenvalue weighted by atomic mass is 9.84. The predicted molar refractivity (Wildman–Crippen MR) is 81.0 cm³/mol. The van der Waals surface area contributed by atoms with Gasteiger partial charge in [0.1, 0.15) is 0 Å². The Hall–Kier alpha value is -0.0800. The van der Waals surface area contributed by atoms with E-state index in [-0.39, 0.29) is 5.60 Å². The molecule has 0 fully saturated rings. The van der Waals surface area contributed by atoms with Crippen LogP contribution >= 0.6 is 0 Å². The van der Waals surface area contributed by atoms with Crippen molar-refractivity contribution in [3.8, 4) is 0 Å². The molecule has 0 radical (unpaired) electrons. The predicted octanol–water partition coefficient (Wildman–Crippen LogP) is 4.24. The summed E-state index contributed by atoms with van der Waals surface area (Å²) in [6, 6.07) is 0.459. The Labute approximate surface area is 115 Å². The molecule has 0 bridgehead atoms. The highest BCUT2D eigenvalue weighted by Crippen LogP contribution is 2.26. The highest BCUT2D eigenvalue weighted by atomic mass is 16.5. The van der Waals surface area contributed by atoms with E-state index >= 15 is 0 Å². The molecule has 0 rings (SSSR count). The van der Waals surface area contributed by atoms with Crippen molar-refractivity contribution in [2.24, 2.45) is 11.8 Å². The fourth-order valence-corrected chi connectivity index (χ4v) is 2.70. The minimum Gasteiger partial charge on any atom is -0.377 e. The first-order chi connectivity index (χ1) is 8.39. The molecule has 0 amide bonds. The van der Waals surface area contributed by atoms with E-state index in [0.717, 1.165) is 24.8 Å². The molecule has 0 aliphatic heterocycles. The van der Waals surface area contributed by atoms with Gasteiger partial charge in [0.05, 0.1) is 5.60 Å². The van der Waals surface area contributed by atoms with E-state index in [1.165, 1.54) is 19.3 Å². The third kappa shape index (κ3) is 6.19. The zero-order valence-electron chi connectivity index (χ0n) is 13.7. The van der Waals surface area contributed by atoms with Gasteiger partial charge in [0, 0.05) is 13.2 Å². The van der Waals surface area contributed by atoms with Crippen LogP contribution in [0.4, 0.5) is 0 Å². The second-order valence-corrected chi connectivity index (χ2v) is 6.35. The molecule has 0 heterocycles. The van der Waals surface area contributed by atoms with Crippen molar-refractivity contribution >= 4 is 0 Å². The van der Waals surface area contributed by atoms with Crippen LogP contribution in [-0.2, 0) is 4.74 Å². The smallest absolute Gasteiger partial charge is 0.0800 e. The molecule has 0 aromatic rings. The highest BCUT2D eigenvalue weighted by Gasteiger charge is 2.33. The summed E-state index contributed by atoms with van der Waals surface area (Å²) in [5.74, 6) is 1.53. The molecule has 3 atom stereocenters. The van der Waals surface area contributed by atoms with E-state index in [9.17, 15) is 0 Å². The van der Waals surface area contributed by atoms with Crippen LogP contribution in [0.1, 0.15) is 67.2 Å². The SMILES string of the molecule is CCCNC(CC(C)CC(C)C)C(C)(CC)OC. The van der Waals surface area contributed by atoms with E-state index in [2.05, 4.69) is 46.9 Å². The summed E-state index contributed by atoms with van der Waals surface area (Å²) >= 11 is 0. The highest BCUT2D eigenvalue weighted by molar-refractivity contribution is 4.89. The van der Waals surface area contributed by atoms with Gasteiger partial charge in [-0.15, -0.1) is 0 Å². The lowest BCUT2D eigenvalue weighted by molar-refractivity contribution is -0.0350. The quantitative estimate of drug-likeness (QED) is 0.632. The Morgan fingerprint density at radius 3 is 2.11 bits per heavy atom. The third-order valence-electron chi connectivity index (χ3n) is 4.06. The topological polar surface area (TPSA) is 21.3 Å². The van der Waals surface area contributed by atoms with E-state index < -0.39 is 0 Å². The molecule has 1 N–H and O–H groups in total. The Kier molecular flexibility index (Phi) is 8.89. The van der Waals surface area contributed by atoms with Gasteiger partial charge in [-0.05, 0) is 51.0 Å². The molecular weight excluding hydrogens is 222 g/mol. The zero-order valence-corrected chi connectivity index (χ0v) is 13.7. The van der Waals surface area contributed by atoms with Gasteiger partial charge in [0.2, 0.25) is 0 Å². The average molecular weight is 257 g/mol. The summed E-state index contributed by atoms with van der Waals surface area (Å²) in [4.78, 5) is 0. The van der Waals surface area contributed by atoms with Gasteiger partial charge in [0.25, 0.3) is 0 Å². The Morgan fingerprint density at radius 1 is 1.11 bits per heavy atom. The molecule has 0 aliphatic carbocycles. The van der Waals surface area contributed by atoms with Crippen LogP contribution in [0.25, 0.3) is 0 Å². The van der Waals surface area contributed by atoms with Crippen molar-refractivity contribution in [1.29, 1.82) is 0 Å². The Balaban J connectivity index is 4.56. The number of hydrogen-bond donors (Lipinski definition) is 1. The number of ether oxygens (including phenoxy) is 1. The number of nitrogens with one attached hydrogen (secondary N) is 1. The summed E-state index contributed by atoms with van der Waals surface area (Å²) < 4.78 is 5.79. The molecule has 0 saturated heterocycles. The van der Waals surface area contributed by atoms with Gasteiger partial charge in [-0.25, -0.2) is 0 Å². The van der Waals surface area contributed by atoms with Crippen LogP contribution in [0, 0.1) is 11.8 Å². The maximum Gasteiger partial charge on any atom is 0.0800 e. The van der Waals surface area contributed by atoms with Gasteiger partial charge in [-0.1, -0.05) is 34.6 Å². The van der Waals surface area contributed by atoms with Gasteiger partial charge in [-0.2, -0.15) is 0 Å². The normalized spacial score (nSPS) is 18.7. The molecule has 18 heavy (non-hydrogen) atoms. The summed E-state index contributed by atoms with van der Waals surface area (Å²) in [5.41, 5.74) is -0.0413. The van der Waals surface area contributed by atoms with Crippen molar-refractivity contribution in [2.45, 2.75) is 78.9 Å². The molecule has 2 nitrogen and oxygen atoms in total. The van der Waals surface area contributed by atoms with Crippen molar-refractivity contribution in [3.63, 3.8) is 0 Å². The molecule has 0 saturated carbocycles. The largest absolute Gasteiger partial charge is 0.377 e. The number of hydrogen-bond acceptors (Lipinski definition) is 2. The molecular formula is C16H35NO. The fourth-order valence-electron chi connectivity index (χ4n) is 2.70. The van der Waals surface area contributed by atoms with Gasteiger partial charge in [0.15, 0.2) is 0 Å². The van der Waals surface area contributed by atoms with Crippen LogP contribution in [-0.4, -0.2) is 25.3 Å². The minimum atomic E-state index is -0.0413. The zero-order chi connectivity index (χ0) is 14.2. The monoisotopic (exact) mass is 257 g/mol. The Bertz CT molecular complexity index is 199. The molecule has 0 spiro atoms. The van der Waals surface area contributed by atoms with Gasteiger partial charge in [-0.3, -0.25) is 0 Å². The van der Waals surface area contributed by atoms with E-state index in [0.29, 0.717) is 6.04 Å². The first-order valence-corrected chi connectivity index (χ1v) is 7.68. The molecule has 2 heteroatoms. The molecule has 0 aromatic heterocycles. The number of rotatable bonds is 10. The van der Waals surface area contributed by atoms with Crippen LogP contribution in [0.15, 0.2) is 0 Å². The Morgan fingerprint density at radius 2 is 1.72 bits per heavy atom. The van der Waals surface area contributed by atoms with Crippen LogP contribution in [0.5, 0.6) is 0 Å². The molecule has 0 aromatic carbocycles. The summed E-state index contributed by atoms with van der Waals surface area (Å²) in [5, 5.41) is 3.69. The molecule has 3 unspecified atom stereocenters. The first-order valence-electron chi connectivity index (χ1n) is 7.68. The average Bonchev–Trinajstić information content (AvgIpc) is 2.32. The van der Waals surface area contributed by atoms with Crippen molar-refractivity contribution < 1.29 is 4.74 Å². The van der Waals surface area contributed by atoms with Crippen molar-refractivity contribution in [2.75, 3.05) is 13.7 Å². The maximum atomic E-state index is 5.79. The van der Waals surface area contributed by atoms with Crippen molar-refractivity contribution in [1.82, 2.24) is 5.32 Å². The summed E-state index contributed by atoms with van der Waals surface area (Å²) in [7, 11) is 1.84. The molecule has 110 valence electrons. The van der Waals surface area contributed by atoms with Gasteiger partial charge >= 0.3 is 0 Å². The van der Waals surface area contributed by atoms with E-state index in [1.54, 1.807) is 0 Å². The molecule has 0 aliphatic rings. The summed E-state index contributed by atoms with van der Waals surface area (Å²) in [6.07, 6.45) is 4.74. The number of methoxy groups -OCH3 is 1. The van der Waals surface area contributed by atoms with E-state index in [1.807, 2.05) is 7.11 Å². The first kappa shape index (κ1) is 17.9. The lowest BCUT2D eigenvalue weighted by Crippen LogP contribution is -2.50. The van der Waals surface area contributed by atoms with Crippen LogP contribution in [0.3, 0.4) is 0 Å². The van der Waals surface area contributed by atoms with Crippen molar-refractivity contribution in [3.05, 3.63) is 0 Å².